The minimum absolute atomic E-state index is 0.0347. The van der Waals surface area contributed by atoms with E-state index in [2.05, 4.69) is 15.5 Å². The summed E-state index contributed by atoms with van der Waals surface area (Å²) >= 11 is 0. The van der Waals surface area contributed by atoms with E-state index in [-0.39, 0.29) is 28.7 Å². The number of carbonyl (C=O) groups excluding carboxylic acids is 1. The molecule has 2 N–H and O–H groups in total. The lowest BCUT2D eigenvalue weighted by Gasteiger charge is -2.34. The van der Waals surface area contributed by atoms with Crippen LogP contribution in [0.1, 0.15) is 48.8 Å². The Bertz CT molecular complexity index is 635. The van der Waals surface area contributed by atoms with E-state index in [4.69, 9.17) is 15.4 Å². The molecule has 2 rings (SSSR count). The second-order valence-corrected chi connectivity index (χ2v) is 7.91. The van der Waals surface area contributed by atoms with Gasteiger partial charge in [0.2, 0.25) is 0 Å². The van der Waals surface area contributed by atoms with Crippen molar-refractivity contribution in [1.82, 2.24) is 15.5 Å². The third-order valence-electron chi connectivity index (χ3n) is 3.55. The van der Waals surface area contributed by atoms with E-state index < -0.39 is 15.0 Å². The number of aromatic amines is 1. The van der Waals surface area contributed by atoms with Gasteiger partial charge in [0.25, 0.3) is 15.0 Å². The number of rotatable bonds is 5. The van der Waals surface area contributed by atoms with Crippen LogP contribution in [-0.2, 0) is 13.8 Å². The smallest absolute Gasteiger partial charge is 0.273 e. The quantitative estimate of drug-likeness (QED) is 0.791. The molecule has 0 spiro atoms. The van der Waals surface area contributed by atoms with Crippen LogP contribution in [0.3, 0.4) is 0 Å². The fourth-order valence-corrected chi connectivity index (χ4v) is 3.65. The minimum Gasteiger partial charge on any atom is -0.381 e. The number of hydrogen-bond acceptors (Lipinski definition) is 5. The highest BCUT2D eigenvalue weighted by molar-refractivity contribution is 8.13. The molecule has 0 bridgehead atoms. The number of halogens is 1. The summed E-state index contributed by atoms with van der Waals surface area (Å²) in [6, 6.07) is -0.0347. The largest absolute Gasteiger partial charge is 0.381 e. The maximum Gasteiger partial charge on any atom is 0.273 e. The Morgan fingerprint density at radius 3 is 2.57 bits per heavy atom. The maximum atomic E-state index is 12.2. The molecule has 9 heteroatoms. The lowest BCUT2D eigenvalue weighted by Crippen LogP contribution is -2.47. The van der Waals surface area contributed by atoms with Crippen molar-refractivity contribution in [1.29, 1.82) is 0 Å². The van der Waals surface area contributed by atoms with Crippen LogP contribution in [0.5, 0.6) is 0 Å². The molecule has 0 unspecified atom stereocenters. The van der Waals surface area contributed by atoms with Gasteiger partial charge in [-0.2, -0.15) is 5.10 Å². The van der Waals surface area contributed by atoms with E-state index >= 15 is 0 Å². The molecule has 1 aromatic heterocycles. The van der Waals surface area contributed by atoms with Crippen molar-refractivity contribution < 1.29 is 17.9 Å². The Kier molecular flexibility index (Phi) is 4.60. The maximum absolute atomic E-state index is 12.2. The molecule has 0 aliphatic heterocycles. The predicted octanol–water partition coefficient (Wildman–Crippen LogP) is 1.37. The SMILES string of the molecule is COC1CC(NC(=O)c2n[nH]c(C(C)C)c2S(=O)(=O)Cl)C1. The third kappa shape index (κ3) is 3.38. The molecule has 118 valence electrons. The summed E-state index contributed by atoms with van der Waals surface area (Å²) in [6.07, 6.45) is 1.54. The Morgan fingerprint density at radius 1 is 1.48 bits per heavy atom. The summed E-state index contributed by atoms with van der Waals surface area (Å²) < 4.78 is 28.6. The lowest BCUT2D eigenvalue weighted by atomic mass is 9.89. The molecule has 1 aliphatic rings. The topological polar surface area (TPSA) is 101 Å². The van der Waals surface area contributed by atoms with Gasteiger partial charge in [0.05, 0.1) is 11.8 Å². The van der Waals surface area contributed by atoms with Gasteiger partial charge in [-0.05, 0) is 18.8 Å². The van der Waals surface area contributed by atoms with Crippen LogP contribution in [0.2, 0.25) is 0 Å². The monoisotopic (exact) mass is 335 g/mol. The number of ether oxygens (including phenoxy) is 1. The van der Waals surface area contributed by atoms with Gasteiger partial charge in [0.15, 0.2) is 5.69 Å². The first-order chi connectivity index (χ1) is 9.74. The molecular weight excluding hydrogens is 318 g/mol. The summed E-state index contributed by atoms with van der Waals surface area (Å²) in [7, 11) is 3.00. The molecule has 7 nitrogen and oxygen atoms in total. The zero-order chi connectivity index (χ0) is 15.8. The number of methoxy groups -OCH3 is 1. The number of hydrogen-bond donors (Lipinski definition) is 2. The van der Waals surface area contributed by atoms with Gasteiger partial charge in [-0.15, -0.1) is 0 Å². The van der Waals surface area contributed by atoms with Crippen molar-refractivity contribution in [3.8, 4) is 0 Å². The highest BCUT2D eigenvalue weighted by atomic mass is 35.7. The molecule has 1 amide bonds. The Balaban J connectivity index is 2.22. The first kappa shape index (κ1) is 16.3. The fraction of sp³-hybridized carbons (Fsp3) is 0.667. The first-order valence-electron chi connectivity index (χ1n) is 6.60. The van der Waals surface area contributed by atoms with Gasteiger partial charge < -0.3 is 10.1 Å². The number of amides is 1. The average Bonchev–Trinajstić information content (AvgIpc) is 2.77. The molecular formula is C12H18ClN3O4S. The first-order valence-corrected chi connectivity index (χ1v) is 8.91. The number of carbonyl (C=O) groups is 1. The molecule has 0 saturated heterocycles. The average molecular weight is 336 g/mol. The van der Waals surface area contributed by atoms with E-state index in [9.17, 15) is 13.2 Å². The third-order valence-corrected chi connectivity index (χ3v) is 4.91. The zero-order valence-corrected chi connectivity index (χ0v) is 13.6. The Hall–Kier alpha value is -1.12. The highest BCUT2D eigenvalue weighted by Crippen LogP contribution is 2.28. The van der Waals surface area contributed by atoms with Crippen molar-refractivity contribution in [3.05, 3.63) is 11.4 Å². The van der Waals surface area contributed by atoms with Gasteiger partial charge in [-0.25, -0.2) is 8.42 Å². The number of H-pyrrole nitrogens is 1. The van der Waals surface area contributed by atoms with Crippen molar-refractivity contribution in [3.63, 3.8) is 0 Å². The summed E-state index contributed by atoms with van der Waals surface area (Å²) in [4.78, 5) is 12.0. The second-order valence-electron chi connectivity index (χ2n) is 5.41. The summed E-state index contributed by atoms with van der Waals surface area (Å²) in [5.41, 5.74) is 0.146. The molecule has 21 heavy (non-hydrogen) atoms. The Labute approximate surface area is 127 Å². The van der Waals surface area contributed by atoms with Crippen LogP contribution in [0.4, 0.5) is 0 Å². The Morgan fingerprint density at radius 2 is 2.10 bits per heavy atom. The lowest BCUT2D eigenvalue weighted by molar-refractivity contribution is 0.0175. The van der Waals surface area contributed by atoms with Crippen LogP contribution < -0.4 is 5.32 Å². The van der Waals surface area contributed by atoms with E-state index in [1.54, 1.807) is 21.0 Å². The molecule has 1 heterocycles. The van der Waals surface area contributed by atoms with E-state index in [1.165, 1.54) is 0 Å². The number of nitrogens with zero attached hydrogens (tertiary/aromatic N) is 1. The van der Waals surface area contributed by atoms with Gasteiger partial charge in [0, 0.05) is 23.8 Å². The molecule has 1 aliphatic carbocycles. The van der Waals surface area contributed by atoms with Crippen molar-refractivity contribution in [2.45, 2.75) is 49.6 Å². The molecule has 0 radical (unpaired) electrons. The van der Waals surface area contributed by atoms with Crippen LogP contribution in [-0.4, -0.2) is 43.8 Å². The minimum atomic E-state index is -4.06. The standard InChI is InChI=1S/C12H18ClN3O4S/c1-6(2)9-11(21(13,18)19)10(16-15-9)12(17)14-7-4-8(5-7)20-3/h6-8H,4-5H2,1-3H3,(H,14,17)(H,15,16). The molecule has 1 aromatic rings. The molecule has 1 saturated carbocycles. The van der Waals surface area contributed by atoms with E-state index in [0.717, 1.165) is 0 Å². The van der Waals surface area contributed by atoms with E-state index in [1.807, 2.05) is 0 Å². The predicted molar refractivity (Wildman–Crippen MR) is 77.0 cm³/mol. The zero-order valence-electron chi connectivity index (χ0n) is 12.0. The van der Waals surface area contributed by atoms with E-state index in [0.29, 0.717) is 18.5 Å². The summed E-state index contributed by atoms with van der Waals surface area (Å²) in [5.74, 6) is -0.693. The summed E-state index contributed by atoms with van der Waals surface area (Å²) in [5, 5.41) is 9.15. The van der Waals surface area contributed by atoms with Gasteiger partial charge >= 0.3 is 0 Å². The van der Waals surface area contributed by atoms with Gasteiger partial charge in [0.1, 0.15) is 4.90 Å². The van der Waals surface area contributed by atoms with Gasteiger partial charge in [-0.1, -0.05) is 13.8 Å². The van der Waals surface area contributed by atoms with Crippen LogP contribution in [0.25, 0.3) is 0 Å². The summed E-state index contributed by atoms with van der Waals surface area (Å²) in [6.45, 7) is 3.58. The highest BCUT2D eigenvalue weighted by Gasteiger charge is 2.34. The van der Waals surface area contributed by atoms with Gasteiger partial charge in [-0.3, -0.25) is 9.89 Å². The number of nitrogens with one attached hydrogen (secondary N) is 2. The number of aromatic nitrogens is 2. The van der Waals surface area contributed by atoms with Crippen LogP contribution in [0, 0.1) is 0 Å². The molecule has 1 fully saturated rings. The molecule has 0 aromatic carbocycles. The normalized spacial score (nSPS) is 22.1. The van der Waals surface area contributed by atoms with Crippen molar-refractivity contribution in [2.75, 3.05) is 7.11 Å². The van der Waals surface area contributed by atoms with Crippen LogP contribution >= 0.6 is 10.7 Å². The van der Waals surface area contributed by atoms with Crippen molar-refractivity contribution >= 4 is 25.6 Å². The fourth-order valence-electron chi connectivity index (χ4n) is 2.27. The second kappa shape index (κ2) is 5.94. The van der Waals surface area contributed by atoms with Crippen LogP contribution in [0.15, 0.2) is 4.90 Å². The van der Waals surface area contributed by atoms with Crippen molar-refractivity contribution in [2.24, 2.45) is 0 Å². The molecule has 0 atom stereocenters.